The van der Waals surface area contributed by atoms with Gasteiger partial charge in [-0.2, -0.15) is 5.10 Å². The van der Waals surface area contributed by atoms with Gasteiger partial charge in [0.05, 0.1) is 16.7 Å². The van der Waals surface area contributed by atoms with E-state index < -0.39 is 6.23 Å². The average molecular weight is 562 g/mol. The molecule has 8 nitrogen and oxygen atoms in total. The SMILES string of the molecule is O=C1CO[C@H](c2nn(-c3ccc(Br)cc3)cc2-c2ccc(F)cc2)N1CCc1ccc2[nH]c(=O)[nH]c2c1. The van der Waals surface area contributed by atoms with E-state index >= 15 is 0 Å². The standard InChI is InChI=1S/C27H21BrFN5O3/c28-18-4-8-20(9-5-18)34-14-21(17-2-6-19(29)7-3-17)25(32-34)26-33(24(35)15-37-26)12-11-16-1-10-22-23(13-16)31-27(36)30-22/h1-10,13-14,26H,11-12,15H2,(H2,30,31,36)/t26-/m1/s1. The molecule has 1 aliphatic rings. The van der Waals surface area contributed by atoms with Crippen LogP contribution in [0.3, 0.4) is 0 Å². The first-order chi connectivity index (χ1) is 17.9. The van der Waals surface area contributed by atoms with Gasteiger partial charge in [-0.15, -0.1) is 0 Å². The molecule has 0 radical (unpaired) electrons. The summed E-state index contributed by atoms with van der Waals surface area (Å²) in [6, 6.07) is 19.5. The Morgan fingerprint density at radius 1 is 1.00 bits per heavy atom. The number of aromatic amines is 2. The third-order valence-electron chi connectivity index (χ3n) is 6.41. The van der Waals surface area contributed by atoms with E-state index in [0.717, 1.165) is 37.9 Å². The molecule has 2 N–H and O–H groups in total. The summed E-state index contributed by atoms with van der Waals surface area (Å²) in [7, 11) is 0. The van der Waals surface area contributed by atoms with Crippen LogP contribution in [-0.2, 0) is 16.0 Å². The molecule has 1 aliphatic heterocycles. The summed E-state index contributed by atoms with van der Waals surface area (Å²) < 4.78 is 22.3. The topological polar surface area (TPSA) is 96.0 Å². The van der Waals surface area contributed by atoms with Crippen LogP contribution in [0, 0.1) is 5.82 Å². The van der Waals surface area contributed by atoms with Gasteiger partial charge in [-0.05, 0) is 66.1 Å². The van der Waals surface area contributed by atoms with Crippen molar-refractivity contribution in [2.45, 2.75) is 12.6 Å². The summed E-state index contributed by atoms with van der Waals surface area (Å²) in [5.41, 5.74) is 5.09. The van der Waals surface area contributed by atoms with Crippen molar-refractivity contribution < 1.29 is 13.9 Å². The zero-order valence-corrected chi connectivity index (χ0v) is 21.0. The number of nitrogens with zero attached hydrogens (tertiary/aromatic N) is 3. The number of carbonyl (C=O) groups excluding carboxylic acids is 1. The molecular formula is C27H21BrFN5O3. The van der Waals surface area contributed by atoms with Gasteiger partial charge in [0, 0.05) is 22.8 Å². The summed E-state index contributed by atoms with van der Waals surface area (Å²) in [6.45, 7) is 0.348. The van der Waals surface area contributed by atoms with E-state index in [-0.39, 0.29) is 24.0 Å². The first kappa shape index (κ1) is 23.4. The van der Waals surface area contributed by atoms with E-state index in [1.807, 2.05) is 48.7 Å². The Hall–Kier alpha value is -4.02. The molecule has 1 fully saturated rings. The van der Waals surface area contributed by atoms with Crippen LogP contribution in [0.4, 0.5) is 4.39 Å². The van der Waals surface area contributed by atoms with Crippen molar-refractivity contribution >= 4 is 32.9 Å². The van der Waals surface area contributed by atoms with Gasteiger partial charge >= 0.3 is 5.69 Å². The number of aromatic nitrogens is 4. The van der Waals surface area contributed by atoms with Crippen LogP contribution >= 0.6 is 15.9 Å². The lowest BCUT2D eigenvalue weighted by atomic mass is 10.1. The first-order valence-electron chi connectivity index (χ1n) is 11.7. The van der Waals surface area contributed by atoms with Crippen LogP contribution in [0.1, 0.15) is 17.5 Å². The van der Waals surface area contributed by atoms with Crippen LogP contribution in [0.25, 0.3) is 27.8 Å². The van der Waals surface area contributed by atoms with Gasteiger partial charge in [0.2, 0.25) is 0 Å². The van der Waals surface area contributed by atoms with Gasteiger partial charge in [-0.3, -0.25) is 4.79 Å². The highest BCUT2D eigenvalue weighted by Crippen LogP contribution is 2.35. The predicted octanol–water partition coefficient (Wildman–Crippen LogP) is 4.71. The highest BCUT2D eigenvalue weighted by molar-refractivity contribution is 9.10. The average Bonchev–Trinajstić information content (AvgIpc) is 3.59. The molecule has 0 bridgehead atoms. The number of hydrogen-bond acceptors (Lipinski definition) is 4. The van der Waals surface area contributed by atoms with E-state index in [1.165, 1.54) is 12.1 Å². The molecule has 0 spiro atoms. The fourth-order valence-electron chi connectivity index (χ4n) is 4.55. The van der Waals surface area contributed by atoms with Crippen molar-refractivity contribution in [3.8, 4) is 16.8 Å². The minimum absolute atomic E-state index is 0.0527. The minimum Gasteiger partial charge on any atom is -0.342 e. The molecule has 2 aromatic heterocycles. The second-order valence-corrected chi connectivity index (χ2v) is 9.73. The molecule has 0 unspecified atom stereocenters. The largest absolute Gasteiger partial charge is 0.342 e. The third kappa shape index (κ3) is 4.61. The summed E-state index contributed by atoms with van der Waals surface area (Å²) in [6.07, 6.45) is 1.74. The molecule has 0 aliphatic carbocycles. The lowest BCUT2D eigenvalue weighted by Crippen LogP contribution is -2.31. The van der Waals surface area contributed by atoms with E-state index in [4.69, 9.17) is 9.84 Å². The number of carbonyl (C=O) groups is 1. The minimum atomic E-state index is -0.694. The summed E-state index contributed by atoms with van der Waals surface area (Å²) in [5, 5.41) is 4.82. The fourth-order valence-corrected chi connectivity index (χ4v) is 4.82. The van der Waals surface area contributed by atoms with Crippen LogP contribution in [0.5, 0.6) is 0 Å². The Bertz CT molecular complexity index is 1660. The quantitative estimate of drug-likeness (QED) is 0.314. The van der Waals surface area contributed by atoms with Crippen molar-refractivity contribution in [2.75, 3.05) is 13.2 Å². The summed E-state index contributed by atoms with van der Waals surface area (Å²) in [4.78, 5) is 31.6. The maximum Gasteiger partial charge on any atom is 0.323 e. The molecular weight excluding hydrogens is 541 g/mol. The number of fused-ring (bicyclic) bond motifs is 1. The van der Waals surface area contributed by atoms with E-state index in [1.54, 1.807) is 21.7 Å². The van der Waals surface area contributed by atoms with Crippen LogP contribution < -0.4 is 5.69 Å². The summed E-state index contributed by atoms with van der Waals surface area (Å²) >= 11 is 3.45. The molecule has 0 saturated carbocycles. The van der Waals surface area contributed by atoms with E-state index in [9.17, 15) is 14.0 Å². The number of benzene rings is 3. The molecule has 10 heteroatoms. The lowest BCUT2D eigenvalue weighted by Gasteiger charge is -2.23. The normalized spacial score (nSPS) is 15.7. The number of halogens is 2. The number of imidazole rings is 1. The lowest BCUT2D eigenvalue weighted by molar-refractivity contribution is -0.128. The third-order valence-corrected chi connectivity index (χ3v) is 6.94. The molecule has 1 atom stereocenters. The molecule has 37 heavy (non-hydrogen) atoms. The van der Waals surface area contributed by atoms with Crippen molar-refractivity contribution in [2.24, 2.45) is 0 Å². The number of hydrogen-bond donors (Lipinski definition) is 2. The smallest absolute Gasteiger partial charge is 0.323 e. The Morgan fingerprint density at radius 2 is 1.76 bits per heavy atom. The Balaban J connectivity index is 1.34. The van der Waals surface area contributed by atoms with Crippen LogP contribution in [0.15, 0.2) is 82.2 Å². The molecule has 1 amide bonds. The second kappa shape index (κ2) is 9.45. The van der Waals surface area contributed by atoms with Crippen molar-refractivity contribution in [3.63, 3.8) is 0 Å². The summed E-state index contributed by atoms with van der Waals surface area (Å²) in [5.74, 6) is -0.468. The Kier molecular flexibility index (Phi) is 5.97. The zero-order valence-electron chi connectivity index (χ0n) is 19.4. The number of ether oxygens (including phenoxy) is 1. The first-order valence-corrected chi connectivity index (χ1v) is 12.5. The van der Waals surface area contributed by atoms with Gasteiger partial charge < -0.3 is 19.6 Å². The molecule has 3 aromatic carbocycles. The fraction of sp³-hybridized carbons (Fsp3) is 0.148. The maximum atomic E-state index is 13.7. The van der Waals surface area contributed by atoms with Crippen molar-refractivity contribution in [1.82, 2.24) is 24.6 Å². The zero-order chi connectivity index (χ0) is 25.5. The molecule has 3 heterocycles. The Morgan fingerprint density at radius 3 is 2.54 bits per heavy atom. The highest BCUT2D eigenvalue weighted by Gasteiger charge is 2.36. The van der Waals surface area contributed by atoms with Crippen molar-refractivity contribution in [3.05, 3.63) is 105 Å². The number of nitrogens with one attached hydrogen (secondary N) is 2. The van der Waals surface area contributed by atoms with Gasteiger partial charge in [0.15, 0.2) is 6.23 Å². The Labute approximate surface area is 218 Å². The predicted molar refractivity (Wildman–Crippen MR) is 140 cm³/mol. The molecule has 1 saturated heterocycles. The van der Waals surface area contributed by atoms with Crippen LogP contribution in [0.2, 0.25) is 0 Å². The van der Waals surface area contributed by atoms with Crippen LogP contribution in [-0.4, -0.2) is 43.7 Å². The van der Waals surface area contributed by atoms with Gasteiger partial charge in [0.25, 0.3) is 5.91 Å². The molecule has 6 rings (SSSR count). The van der Waals surface area contributed by atoms with Gasteiger partial charge in [0.1, 0.15) is 18.1 Å². The number of amides is 1. The monoisotopic (exact) mass is 561 g/mol. The molecule has 186 valence electrons. The van der Waals surface area contributed by atoms with E-state index in [0.29, 0.717) is 18.7 Å². The molecule has 5 aromatic rings. The van der Waals surface area contributed by atoms with Crippen molar-refractivity contribution in [1.29, 1.82) is 0 Å². The highest BCUT2D eigenvalue weighted by atomic mass is 79.9. The maximum absolute atomic E-state index is 13.7. The second-order valence-electron chi connectivity index (χ2n) is 8.82. The number of H-pyrrole nitrogens is 2. The van der Waals surface area contributed by atoms with E-state index in [2.05, 4.69) is 25.9 Å². The number of rotatable bonds is 6. The van der Waals surface area contributed by atoms with Gasteiger partial charge in [-0.1, -0.05) is 34.1 Å². The van der Waals surface area contributed by atoms with Gasteiger partial charge in [-0.25, -0.2) is 13.9 Å².